The summed E-state index contributed by atoms with van der Waals surface area (Å²) in [4.78, 5) is 17.5. The molecule has 0 N–H and O–H groups in total. The minimum Gasteiger partial charge on any atom is -0.348 e. The van der Waals surface area contributed by atoms with Gasteiger partial charge in [-0.3, -0.25) is 4.79 Å². The maximum Gasteiger partial charge on any atom is 0.228 e. The van der Waals surface area contributed by atoms with E-state index in [1.54, 1.807) is 25.1 Å². The third kappa shape index (κ3) is 3.03. The van der Waals surface area contributed by atoms with Crippen LogP contribution in [-0.2, 0) is 11.2 Å². The summed E-state index contributed by atoms with van der Waals surface area (Å²) < 4.78 is 1.25. The Hall–Kier alpha value is -0.620. The number of hydrogen-bond donors (Lipinski definition) is 0. The van der Waals surface area contributed by atoms with Gasteiger partial charge in [0.2, 0.25) is 5.91 Å². The van der Waals surface area contributed by atoms with Gasteiger partial charge in [0, 0.05) is 25.0 Å². The second-order valence-electron chi connectivity index (χ2n) is 3.83. The summed E-state index contributed by atoms with van der Waals surface area (Å²) in [6.45, 7) is 0. The van der Waals surface area contributed by atoms with Crippen LogP contribution in [-0.4, -0.2) is 29.9 Å². The minimum absolute atomic E-state index is 0.0327. The number of carbonyl (C=O) groups is 1. The Bertz CT molecular complexity index is 577. The first-order valence-electron chi connectivity index (χ1n) is 5.07. The van der Waals surface area contributed by atoms with Crippen molar-refractivity contribution in [2.75, 3.05) is 14.1 Å². The van der Waals surface area contributed by atoms with Crippen LogP contribution in [0.5, 0.6) is 0 Å². The maximum atomic E-state index is 11.6. The number of thiophene rings is 1. The van der Waals surface area contributed by atoms with Crippen molar-refractivity contribution in [3.05, 3.63) is 25.1 Å². The number of nitrogens with zero attached hydrogens (tertiary/aromatic N) is 2. The lowest BCUT2D eigenvalue weighted by molar-refractivity contribution is -0.127. The first-order chi connectivity index (χ1) is 8.47. The van der Waals surface area contributed by atoms with Gasteiger partial charge in [0.15, 0.2) is 0 Å². The van der Waals surface area contributed by atoms with Crippen molar-refractivity contribution in [2.45, 2.75) is 6.42 Å². The molecule has 2 rings (SSSR count). The van der Waals surface area contributed by atoms with Gasteiger partial charge in [0.1, 0.15) is 9.34 Å². The smallest absolute Gasteiger partial charge is 0.228 e. The van der Waals surface area contributed by atoms with Gasteiger partial charge in [0.05, 0.1) is 16.5 Å². The standard InChI is InChI=1S/C11H10Cl2N2OS2/c1-15(2)10(16)4-9-14-7(5-17-9)6-3-8(12)18-11(6)13/h3,5H,4H2,1-2H3. The molecule has 96 valence electrons. The second kappa shape index (κ2) is 5.57. The van der Waals surface area contributed by atoms with Gasteiger partial charge in [-0.2, -0.15) is 0 Å². The lowest BCUT2D eigenvalue weighted by atomic mass is 10.3. The molecule has 0 saturated carbocycles. The van der Waals surface area contributed by atoms with Gasteiger partial charge in [-0.05, 0) is 6.07 Å². The third-order valence-electron chi connectivity index (χ3n) is 2.29. The molecule has 0 saturated heterocycles. The van der Waals surface area contributed by atoms with Crippen molar-refractivity contribution in [2.24, 2.45) is 0 Å². The SMILES string of the molecule is CN(C)C(=O)Cc1nc(-c2cc(Cl)sc2Cl)cs1. The van der Waals surface area contributed by atoms with E-state index in [-0.39, 0.29) is 5.91 Å². The van der Waals surface area contributed by atoms with E-state index in [1.165, 1.54) is 22.7 Å². The third-order valence-corrected chi connectivity index (χ3v) is 4.62. The Kier molecular flexibility index (Phi) is 4.27. The zero-order chi connectivity index (χ0) is 13.3. The fraction of sp³-hybridized carbons (Fsp3) is 0.273. The van der Waals surface area contributed by atoms with Gasteiger partial charge >= 0.3 is 0 Å². The van der Waals surface area contributed by atoms with Crippen LogP contribution in [0.4, 0.5) is 0 Å². The number of aromatic nitrogens is 1. The number of rotatable bonds is 3. The van der Waals surface area contributed by atoms with E-state index in [2.05, 4.69) is 4.98 Å². The summed E-state index contributed by atoms with van der Waals surface area (Å²) >= 11 is 14.7. The summed E-state index contributed by atoms with van der Waals surface area (Å²) in [5, 5.41) is 2.67. The summed E-state index contributed by atoms with van der Waals surface area (Å²) in [6.07, 6.45) is 0.313. The summed E-state index contributed by atoms with van der Waals surface area (Å²) in [6, 6.07) is 1.79. The first-order valence-corrected chi connectivity index (χ1v) is 7.52. The highest BCUT2D eigenvalue weighted by atomic mass is 35.5. The molecular formula is C11H10Cl2N2OS2. The average molecular weight is 321 g/mol. The predicted molar refractivity (Wildman–Crippen MR) is 77.8 cm³/mol. The molecule has 3 nitrogen and oxygen atoms in total. The van der Waals surface area contributed by atoms with E-state index in [0.29, 0.717) is 15.1 Å². The van der Waals surface area contributed by atoms with Crippen molar-refractivity contribution >= 4 is 51.8 Å². The van der Waals surface area contributed by atoms with Crippen LogP contribution in [0.25, 0.3) is 11.3 Å². The Morgan fingerprint density at radius 1 is 1.44 bits per heavy atom. The molecule has 0 aliphatic heterocycles. The van der Waals surface area contributed by atoms with Gasteiger partial charge in [-0.1, -0.05) is 23.2 Å². The molecule has 2 aromatic rings. The Balaban J connectivity index is 2.20. The van der Waals surface area contributed by atoms with Crippen molar-refractivity contribution in [3.8, 4) is 11.3 Å². The van der Waals surface area contributed by atoms with Crippen LogP contribution in [0.15, 0.2) is 11.4 Å². The fourth-order valence-electron chi connectivity index (χ4n) is 1.32. The van der Waals surface area contributed by atoms with E-state index in [0.717, 1.165) is 16.3 Å². The molecule has 0 fully saturated rings. The van der Waals surface area contributed by atoms with E-state index in [1.807, 2.05) is 5.38 Å². The Labute approximate surface area is 123 Å². The molecule has 2 heterocycles. The van der Waals surface area contributed by atoms with Crippen LogP contribution in [0, 0.1) is 0 Å². The number of hydrogen-bond acceptors (Lipinski definition) is 4. The van der Waals surface area contributed by atoms with Crippen molar-refractivity contribution in [1.82, 2.24) is 9.88 Å². The topological polar surface area (TPSA) is 33.2 Å². The molecule has 0 atom stereocenters. The van der Waals surface area contributed by atoms with Crippen molar-refractivity contribution < 1.29 is 4.79 Å². The van der Waals surface area contributed by atoms with Crippen LogP contribution in [0.3, 0.4) is 0 Å². The van der Waals surface area contributed by atoms with Gasteiger partial charge in [-0.15, -0.1) is 22.7 Å². The number of likely N-dealkylation sites (N-methyl/N-ethyl adjacent to an activating group) is 1. The minimum atomic E-state index is 0.0327. The van der Waals surface area contributed by atoms with E-state index < -0.39 is 0 Å². The molecule has 7 heteroatoms. The van der Waals surface area contributed by atoms with Crippen LogP contribution < -0.4 is 0 Å². The summed E-state index contributed by atoms with van der Waals surface area (Å²) in [5.74, 6) is 0.0327. The fourth-order valence-corrected chi connectivity index (χ4v) is 3.58. The normalized spacial score (nSPS) is 10.7. The molecule has 2 aromatic heterocycles. The molecule has 0 aliphatic carbocycles. The molecule has 0 aliphatic rings. The van der Waals surface area contributed by atoms with Crippen molar-refractivity contribution in [3.63, 3.8) is 0 Å². The highest BCUT2D eigenvalue weighted by molar-refractivity contribution is 7.20. The number of halogens is 2. The van der Waals surface area contributed by atoms with E-state index in [4.69, 9.17) is 23.2 Å². The summed E-state index contributed by atoms with van der Waals surface area (Å²) in [5.41, 5.74) is 1.60. The predicted octanol–water partition coefficient (Wildman–Crippen LogP) is 3.81. The lowest BCUT2D eigenvalue weighted by Crippen LogP contribution is -2.23. The van der Waals surface area contributed by atoms with E-state index in [9.17, 15) is 4.79 Å². The molecule has 1 amide bonds. The maximum absolute atomic E-state index is 11.6. The molecule has 0 spiro atoms. The van der Waals surface area contributed by atoms with Gasteiger partial charge < -0.3 is 4.90 Å². The molecule has 0 aromatic carbocycles. The summed E-state index contributed by atoms with van der Waals surface area (Å²) in [7, 11) is 3.46. The number of amides is 1. The average Bonchev–Trinajstić information content (AvgIpc) is 2.85. The monoisotopic (exact) mass is 320 g/mol. The number of thiazole rings is 1. The zero-order valence-corrected chi connectivity index (χ0v) is 12.9. The molecular weight excluding hydrogens is 311 g/mol. The second-order valence-corrected chi connectivity index (χ2v) is 7.06. The molecule has 18 heavy (non-hydrogen) atoms. The number of carbonyl (C=O) groups excluding carboxylic acids is 1. The van der Waals surface area contributed by atoms with Gasteiger partial charge in [-0.25, -0.2) is 4.98 Å². The Morgan fingerprint density at radius 2 is 2.17 bits per heavy atom. The van der Waals surface area contributed by atoms with Crippen LogP contribution in [0.2, 0.25) is 8.67 Å². The molecule has 0 bridgehead atoms. The first kappa shape index (κ1) is 13.8. The van der Waals surface area contributed by atoms with Crippen molar-refractivity contribution in [1.29, 1.82) is 0 Å². The molecule has 0 unspecified atom stereocenters. The largest absolute Gasteiger partial charge is 0.348 e. The zero-order valence-electron chi connectivity index (χ0n) is 9.74. The highest BCUT2D eigenvalue weighted by Gasteiger charge is 2.14. The molecule has 0 radical (unpaired) electrons. The van der Waals surface area contributed by atoms with Gasteiger partial charge in [0.25, 0.3) is 0 Å². The van der Waals surface area contributed by atoms with Crippen LogP contribution in [0.1, 0.15) is 5.01 Å². The highest BCUT2D eigenvalue weighted by Crippen LogP contribution is 2.38. The van der Waals surface area contributed by atoms with Crippen LogP contribution >= 0.6 is 45.9 Å². The van der Waals surface area contributed by atoms with E-state index >= 15 is 0 Å². The Morgan fingerprint density at radius 3 is 2.72 bits per heavy atom. The lowest BCUT2D eigenvalue weighted by Gasteiger charge is -2.07. The quantitative estimate of drug-likeness (QED) is 0.861.